The van der Waals surface area contributed by atoms with Crippen molar-refractivity contribution in [1.29, 1.82) is 0 Å². The Morgan fingerprint density at radius 3 is 2.53 bits per heavy atom. The van der Waals surface area contributed by atoms with Gasteiger partial charge in [-0.15, -0.1) is 0 Å². The monoisotopic (exact) mass is 261 g/mol. The number of nitrogens with two attached hydrogens (primary N) is 1. The Balaban J connectivity index is 1.84. The molecule has 2 amide bonds. The molecule has 1 aromatic carbocycles. The predicted molar refractivity (Wildman–Crippen MR) is 76.7 cm³/mol. The second kappa shape index (κ2) is 6.57. The molecule has 0 aromatic heterocycles. The molecule has 2 rings (SSSR count). The Bertz CT molecular complexity index is 410. The van der Waals surface area contributed by atoms with Crippen molar-refractivity contribution in [3.63, 3.8) is 0 Å². The molecule has 1 saturated carbocycles. The van der Waals surface area contributed by atoms with E-state index in [0.717, 1.165) is 24.0 Å². The molecule has 0 heterocycles. The standard InChI is InChI=1S/C15H23N3O/c1-11(13-8-6-12(10-16)7-9-13)17-15(19)18-14-4-2-3-5-14/h6-9,11,14H,2-5,10,16H2,1H3,(H2,17,18,19). The van der Waals surface area contributed by atoms with Crippen LogP contribution >= 0.6 is 0 Å². The third-order valence-corrected chi connectivity index (χ3v) is 3.75. The molecule has 0 saturated heterocycles. The molecule has 4 N–H and O–H groups in total. The Hall–Kier alpha value is -1.55. The maximum atomic E-state index is 11.9. The van der Waals surface area contributed by atoms with Crippen molar-refractivity contribution in [2.75, 3.05) is 0 Å². The third-order valence-electron chi connectivity index (χ3n) is 3.75. The minimum Gasteiger partial charge on any atom is -0.335 e. The number of benzene rings is 1. The minimum atomic E-state index is -0.0673. The van der Waals surface area contributed by atoms with E-state index in [4.69, 9.17) is 5.73 Å². The summed E-state index contributed by atoms with van der Waals surface area (Å²) in [6.07, 6.45) is 4.65. The summed E-state index contributed by atoms with van der Waals surface area (Å²) in [6.45, 7) is 2.54. The fourth-order valence-electron chi connectivity index (χ4n) is 2.52. The number of urea groups is 1. The van der Waals surface area contributed by atoms with E-state index in [1.165, 1.54) is 12.8 Å². The van der Waals surface area contributed by atoms with Crippen LogP contribution in [0.4, 0.5) is 4.79 Å². The number of hydrogen-bond acceptors (Lipinski definition) is 2. The summed E-state index contributed by atoms with van der Waals surface area (Å²) in [4.78, 5) is 11.9. The van der Waals surface area contributed by atoms with Crippen molar-refractivity contribution >= 4 is 6.03 Å². The van der Waals surface area contributed by atoms with E-state index in [1.807, 2.05) is 31.2 Å². The van der Waals surface area contributed by atoms with E-state index in [-0.39, 0.29) is 12.1 Å². The molecule has 0 aliphatic heterocycles. The van der Waals surface area contributed by atoms with Crippen molar-refractivity contribution in [3.8, 4) is 0 Å². The molecule has 1 aliphatic carbocycles. The minimum absolute atomic E-state index is 0.00762. The van der Waals surface area contributed by atoms with Crippen molar-refractivity contribution in [1.82, 2.24) is 10.6 Å². The van der Waals surface area contributed by atoms with Crippen molar-refractivity contribution < 1.29 is 4.79 Å². The largest absolute Gasteiger partial charge is 0.335 e. The molecule has 1 aliphatic rings. The van der Waals surface area contributed by atoms with Crippen LogP contribution in [0.5, 0.6) is 0 Å². The molecule has 1 atom stereocenters. The van der Waals surface area contributed by atoms with Crippen LogP contribution in [0.2, 0.25) is 0 Å². The topological polar surface area (TPSA) is 67.2 Å². The zero-order chi connectivity index (χ0) is 13.7. The average molecular weight is 261 g/mol. The summed E-state index contributed by atoms with van der Waals surface area (Å²) in [5.74, 6) is 0. The number of hydrogen-bond donors (Lipinski definition) is 3. The van der Waals surface area contributed by atoms with Gasteiger partial charge in [-0.25, -0.2) is 4.79 Å². The zero-order valence-electron chi connectivity index (χ0n) is 11.5. The number of rotatable bonds is 4. The smallest absolute Gasteiger partial charge is 0.315 e. The maximum Gasteiger partial charge on any atom is 0.315 e. The van der Waals surface area contributed by atoms with Gasteiger partial charge in [0.25, 0.3) is 0 Å². The quantitative estimate of drug-likeness (QED) is 0.779. The Morgan fingerprint density at radius 1 is 1.32 bits per heavy atom. The van der Waals surface area contributed by atoms with Crippen LogP contribution in [0.25, 0.3) is 0 Å². The molecule has 0 radical (unpaired) electrons. The Kier molecular flexibility index (Phi) is 4.80. The van der Waals surface area contributed by atoms with Gasteiger partial charge in [0.1, 0.15) is 0 Å². The first kappa shape index (κ1) is 13.9. The lowest BCUT2D eigenvalue weighted by Crippen LogP contribution is -2.41. The van der Waals surface area contributed by atoms with E-state index < -0.39 is 0 Å². The highest BCUT2D eigenvalue weighted by molar-refractivity contribution is 5.74. The Labute approximate surface area is 114 Å². The molecule has 1 fully saturated rings. The van der Waals surface area contributed by atoms with Crippen LogP contribution in [0.1, 0.15) is 49.8 Å². The zero-order valence-corrected chi connectivity index (χ0v) is 11.5. The van der Waals surface area contributed by atoms with E-state index in [0.29, 0.717) is 12.6 Å². The van der Waals surface area contributed by atoms with Gasteiger partial charge < -0.3 is 16.4 Å². The van der Waals surface area contributed by atoms with Gasteiger partial charge in [0.15, 0.2) is 0 Å². The molecule has 1 unspecified atom stereocenters. The van der Waals surface area contributed by atoms with E-state index in [1.54, 1.807) is 0 Å². The molecule has 1 aromatic rings. The van der Waals surface area contributed by atoms with Crippen molar-refractivity contribution in [3.05, 3.63) is 35.4 Å². The van der Waals surface area contributed by atoms with Gasteiger partial charge >= 0.3 is 6.03 Å². The fraction of sp³-hybridized carbons (Fsp3) is 0.533. The van der Waals surface area contributed by atoms with E-state index in [2.05, 4.69) is 10.6 Å². The lowest BCUT2D eigenvalue weighted by atomic mass is 10.1. The summed E-state index contributed by atoms with van der Waals surface area (Å²) in [7, 11) is 0. The summed E-state index contributed by atoms with van der Waals surface area (Å²) in [5.41, 5.74) is 7.77. The van der Waals surface area contributed by atoms with Gasteiger partial charge in [0.2, 0.25) is 0 Å². The van der Waals surface area contributed by atoms with Gasteiger partial charge in [-0.2, -0.15) is 0 Å². The number of carbonyl (C=O) groups is 1. The van der Waals surface area contributed by atoms with E-state index in [9.17, 15) is 4.79 Å². The molecular weight excluding hydrogens is 238 g/mol. The highest BCUT2D eigenvalue weighted by Crippen LogP contribution is 2.18. The number of nitrogens with one attached hydrogen (secondary N) is 2. The fourth-order valence-corrected chi connectivity index (χ4v) is 2.52. The first-order valence-electron chi connectivity index (χ1n) is 7.05. The van der Waals surface area contributed by atoms with Gasteiger partial charge in [-0.3, -0.25) is 0 Å². The van der Waals surface area contributed by atoms with E-state index >= 15 is 0 Å². The second-order valence-electron chi connectivity index (χ2n) is 5.27. The van der Waals surface area contributed by atoms with Crippen LogP contribution in [-0.2, 0) is 6.54 Å². The first-order valence-corrected chi connectivity index (χ1v) is 7.05. The highest BCUT2D eigenvalue weighted by atomic mass is 16.2. The van der Waals surface area contributed by atoms with Gasteiger partial charge in [-0.05, 0) is 30.9 Å². The van der Waals surface area contributed by atoms with Crippen LogP contribution in [-0.4, -0.2) is 12.1 Å². The van der Waals surface area contributed by atoms with Gasteiger partial charge in [-0.1, -0.05) is 37.1 Å². The summed E-state index contributed by atoms with van der Waals surface area (Å²) >= 11 is 0. The van der Waals surface area contributed by atoms with Crippen LogP contribution in [0.15, 0.2) is 24.3 Å². The summed E-state index contributed by atoms with van der Waals surface area (Å²) in [5, 5.41) is 6.01. The second-order valence-corrected chi connectivity index (χ2v) is 5.27. The summed E-state index contributed by atoms with van der Waals surface area (Å²) < 4.78 is 0. The molecule has 104 valence electrons. The first-order chi connectivity index (χ1) is 9.19. The molecule has 0 spiro atoms. The van der Waals surface area contributed by atoms with Gasteiger partial charge in [0, 0.05) is 12.6 Å². The third kappa shape index (κ3) is 3.96. The lowest BCUT2D eigenvalue weighted by molar-refractivity contribution is 0.234. The molecule has 4 nitrogen and oxygen atoms in total. The van der Waals surface area contributed by atoms with Gasteiger partial charge in [0.05, 0.1) is 6.04 Å². The summed E-state index contributed by atoms with van der Waals surface area (Å²) in [6, 6.07) is 8.33. The predicted octanol–water partition coefficient (Wildman–Crippen LogP) is 2.45. The van der Waals surface area contributed by atoms with Crippen LogP contribution in [0, 0.1) is 0 Å². The van der Waals surface area contributed by atoms with Crippen LogP contribution in [0.3, 0.4) is 0 Å². The molecule has 4 heteroatoms. The number of amides is 2. The van der Waals surface area contributed by atoms with Crippen molar-refractivity contribution in [2.24, 2.45) is 5.73 Å². The average Bonchev–Trinajstić information content (AvgIpc) is 2.91. The Morgan fingerprint density at radius 2 is 1.95 bits per heavy atom. The molecule has 0 bridgehead atoms. The van der Waals surface area contributed by atoms with Crippen molar-refractivity contribution in [2.45, 2.75) is 51.2 Å². The SMILES string of the molecule is CC(NC(=O)NC1CCCC1)c1ccc(CN)cc1. The lowest BCUT2D eigenvalue weighted by Gasteiger charge is -2.18. The maximum absolute atomic E-state index is 11.9. The molecule has 19 heavy (non-hydrogen) atoms. The normalized spacial score (nSPS) is 17.2. The molecular formula is C15H23N3O. The van der Waals surface area contributed by atoms with Crippen LogP contribution < -0.4 is 16.4 Å². The number of carbonyl (C=O) groups excluding carboxylic acids is 1. The highest BCUT2D eigenvalue weighted by Gasteiger charge is 2.18.